The molecule has 0 bridgehead atoms. The van der Waals surface area contributed by atoms with Crippen LogP contribution in [0.25, 0.3) is 0 Å². The first kappa shape index (κ1) is 15.1. The van der Waals surface area contributed by atoms with Crippen molar-refractivity contribution in [3.05, 3.63) is 34.6 Å². The average Bonchev–Trinajstić information content (AvgIpc) is 2.43. The lowest BCUT2D eigenvalue weighted by Gasteiger charge is -2.30. The Morgan fingerprint density at radius 3 is 2.95 bits per heavy atom. The fourth-order valence-electron chi connectivity index (χ4n) is 2.63. The maximum Gasteiger partial charge on any atom is 0.127 e. The molecule has 1 aliphatic rings. The molecule has 1 aliphatic heterocycles. The summed E-state index contributed by atoms with van der Waals surface area (Å²) in [6.07, 6.45) is 4.48. The topological polar surface area (TPSA) is 12.0 Å². The van der Waals surface area contributed by atoms with Crippen LogP contribution in [-0.2, 0) is 6.42 Å². The van der Waals surface area contributed by atoms with Gasteiger partial charge in [0, 0.05) is 21.9 Å². The molecule has 2 unspecified atom stereocenters. The first-order valence-corrected chi connectivity index (χ1v) is 8.43. The second kappa shape index (κ2) is 7.51. The fraction of sp³-hybridized carbons (Fsp3) is 0.600. The Labute approximate surface area is 124 Å². The smallest absolute Gasteiger partial charge is 0.127 e. The summed E-state index contributed by atoms with van der Waals surface area (Å²) >= 11 is 8.15. The van der Waals surface area contributed by atoms with E-state index in [1.807, 2.05) is 11.8 Å². The number of likely N-dealkylation sites (N-methyl/N-ethyl adjacent to an activating group) is 1. The molecule has 2 rings (SSSR count). The lowest BCUT2D eigenvalue weighted by molar-refractivity contribution is 0.464. The van der Waals surface area contributed by atoms with Gasteiger partial charge in [-0.2, -0.15) is 11.8 Å². The van der Waals surface area contributed by atoms with Crippen LogP contribution in [0.5, 0.6) is 0 Å². The summed E-state index contributed by atoms with van der Waals surface area (Å²) in [5.74, 6) is 1.04. The number of rotatable bonds is 5. The van der Waals surface area contributed by atoms with Crippen molar-refractivity contribution in [2.75, 3.05) is 12.3 Å². The van der Waals surface area contributed by atoms with Crippen LogP contribution in [0.1, 0.15) is 31.7 Å². The molecule has 0 radical (unpaired) electrons. The summed E-state index contributed by atoms with van der Waals surface area (Å²) in [6, 6.07) is 5.25. The Morgan fingerprint density at radius 1 is 1.47 bits per heavy atom. The van der Waals surface area contributed by atoms with Gasteiger partial charge in [0.05, 0.1) is 0 Å². The van der Waals surface area contributed by atoms with Crippen LogP contribution in [0, 0.1) is 5.82 Å². The molecular formula is C15H21ClFNS. The second-order valence-electron chi connectivity index (χ2n) is 4.97. The van der Waals surface area contributed by atoms with Crippen molar-refractivity contribution < 1.29 is 4.39 Å². The molecule has 1 nitrogen and oxygen atoms in total. The van der Waals surface area contributed by atoms with Gasteiger partial charge in [0.2, 0.25) is 0 Å². The van der Waals surface area contributed by atoms with Crippen molar-refractivity contribution in [3.8, 4) is 0 Å². The van der Waals surface area contributed by atoms with E-state index in [0.29, 0.717) is 28.3 Å². The zero-order chi connectivity index (χ0) is 13.7. The number of hydrogen-bond acceptors (Lipinski definition) is 2. The van der Waals surface area contributed by atoms with Gasteiger partial charge in [-0.3, -0.25) is 0 Å². The fourth-order valence-corrected chi connectivity index (χ4v) is 4.30. The van der Waals surface area contributed by atoms with Gasteiger partial charge in [0.1, 0.15) is 5.82 Å². The Hall–Kier alpha value is -0.250. The minimum Gasteiger partial charge on any atom is -0.313 e. The third kappa shape index (κ3) is 4.11. The minimum atomic E-state index is -0.184. The molecule has 106 valence electrons. The Morgan fingerprint density at radius 2 is 2.32 bits per heavy atom. The summed E-state index contributed by atoms with van der Waals surface area (Å²) in [7, 11) is 0. The average molecular weight is 302 g/mol. The van der Waals surface area contributed by atoms with E-state index in [1.54, 1.807) is 12.1 Å². The van der Waals surface area contributed by atoms with Crippen LogP contribution in [0.4, 0.5) is 4.39 Å². The third-order valence-electron chi connectivity index (χ3n) is 3.62. The highest BCUT2D eigenvalue weighted by atomic mass is 35.5. The van der Waals surface area contributed by atoms with Gasteiger partial charge in [-0.25, -0.2) is 4.39 Å². The molecule has 19 heavy (non-hydrogen) atoms. The van der Waals surface area contributed by atoms with Crippen molar-refractivity contribution >= 4 is 23.4 Å². The SMILES string of the molecule is CCNC(Cc1c(F)cccc1Cl)C1CCCCS1. The Bertz CT molecular complexity index is 387. The molecule has 0 amide bonds. The second-order valence-corrected chi connectivity index (χ2v) is 6.73. The van der Waals surface area contributed by atoms with Crippen molar-refractivity contribution in [1.82, 2.24) is 5.32 Å². The summed E-state index contributed by atoms with van der Waals surface area (Å²) in [6.45, 7) is 3.01. The number of halogens is 2. The Balaban J connectivity index is 2.11. The highest BCUT2D eigenvalue weighted by Crippen LogP contribution is 2.30. The van der Waals surface area contributed by atoms with Gasteiger partial charge in [0.25, 0.3) is 0 Å². The molecule has 1 heterocycles. The highest BCUT2D eigenvalue weighted by molar-refractivity contribution is 8.00. The molecule has 0 aliphatic carbocycles. The predicted molar refractivity (Wildman–Crippen MR) is 82.7 cm³/mol. The number of nitrogens with one attached hydrogen (secondary N) is 1. The summed E-state index contributed by atoms with van der Waals surface area (Å²) in [5, 5.41) is 4.63. The standard InChI is InChI=1S/C15H21ClFNS/c1-2-18-14(15-8-3-4-9-19-15)10-11-12(16)6-5-7-13(11)17/h5-7,14-15,18H,2-4,8-10H2,1H3. The van der Waals surface area contributed by atoms with Crippen molar-refractivity contribution in [1.29, 1.82) is 0 Å². The molecule has 1 N–H and O–H groups in total. The zero-order valence-corrected chi connectivity index (χ0v) is 12.9. The van der Waals surface area contributed by atoms with Crippen molar-refractivity contribution in [3.63, 3.8) is 0 Å². The van der Waals surface area contributed by atoms with Gasteiger partial charge in [-0.05, 0) is 43.7 Å². The quantitative estimate of drug-likeness (QED) is 0.871. The summed E-state index contributed by atoms with van der Waals surface area (Å²) in [5.41, 5.74) is 0.654. The molecule has 1 saturated heterocycles. The van der Waals surface area contributed by atoms with Gasteiger partial charge < -0.3 is 5.32 Å². The van der Waals surface area contributed by atoms with Crippen LogP contribution in [-0.4, -0.2) is 23.6 Å². The van der Waals surface area contributed by atoms with E-state index < -0.39 is 0 Å². The van der Waals surface area contributed by atoms with Crippen LogP contribution >= 0.6 is 23.4 Å². The molecule has 0 saturated carbocycles. The van der Waals surface area contributed by atoms with Gasteiger partial charge >= 0.3 is 0 Å². The van der Waals surface area contributed by atoms with E-state index in [2.05, 4.69) is 12.2 Å². The first-order chi connectivity index (χ1) is 9.22. The first-order valence-electron chi connectivity index (χ1n) is 7.00. The van der Waals surface area contributed by atoms with E-state index in [1.165, 1.54) is 31.1 Å². The third-order valence-corrected chi connectivity index (χ3v) is 5.49. The molecule has 2 atom stereocenters. The lowest BCUT2D eigenvalue weighted by Crippen LogP contribution is -2.41. The number of thioether (sulfide) groups is 1. The molecule has 1 aromatic carbocycles. The maximum absolute atomic E-state index is 13.9. The summed E-state index contributed by atoms with van der Waals surface area (Å²) < 4.78 is 13.9. The van der Waals surface area contributed by atoms with Gasteiger partial charge in [0.15, 0.2) is 0 Å². The summed E-state index contributed by atoms with van der Waals surface area (Å²) in [4.78, 5) is 0. The largest absolute Gasteiger partial charge is 0.313 e. The molecule has 0 aromatic heterocycles. The number of benzene rings is 1. The van der Waals surface area contributed by atoms with E-state index in [0.717, 1.165) is 6.54 Å². The van der Waals surface area contributed by atoms with E-state index in [9.17, 15) is 4.39 Å². The molecule has 0 spiro atoms. The lowest BCUT2D eigenvalue weighted by atomic mass is 9.99. The van der Waals surface area contributed by atoms with Crippen molar-refractivity contribution in [2.24, 2.45) is 0 Å². The molecule has 1 aromatic rings. The predicted octanol–water partition coefficient (Wildman–Crippen LogP) is 4.29. The molecule has 4 heteroatoms. The van der Waals surface area contributed by atoms with Gasteiger partial charge in [-0.15, -0.1) is 0 Å². The monoisotopic (exact) mass is 301 g/mol. The van der Waals surface area contributed by atoms with Crippen LogP contribution in [0.3, 0.4) is 0 Å². The minimum absolute atomic E-state index is 0.184. The Kier molecular flexibility index (Phi) is 5.99. The molecular weight excluding hydrogens is 281 g/mol. The maximum atomic E-state index is 13.9. The highest BCUT2D eigenvalue weighted by Gasteiger charge is 2.25. The van der Waals surface area contributed by atoms with E-state index >= 15 is 0 Å². The molecule has 1 fully saturated rings. The normalized spacial score (nSPS) is 21.3. The van der Waals surface area contributed by atoms with Crippen LogP contribution < -0.4 is 5.32 Å². The van der Waals surface area contributed by atoms with E-state index in [4.69, 9.17) is 11.6 Å². The van der Waals surface area contributed by atoms with E-state index in [-0.39, 0.29) is 5.82 Å². The van der Waals surface area contributed by atoms with Crippen LogP contribution in [0.15, 0.2) is 18.2 Å². The van der Waals surface area contributed by atoms with Crippen LogP contribution in [0.2, 0.25) is 5.02 Å². The number of hydrogen-bond donors (Lipinski definition) is 1. The van der Waals surface area contributed by atoms with Gasteiger partial charge in [-0.1, -0.05) is 31.0 Å². The zero-order valence-electron chi connectivity index (χ0n) is 11.3. The van der Waals surface area contributed by atoms with Crippen molar-refractivity contribution in [2.45, 2.75) is 43.9 Å².